The number of amides is 3. The van der Waals surface area contributed by atoms with Crippen LogP contribution in [0.25, 0.3) is 0 Å². The lowest BCUT2D eigenvalue weighted by Crippen LogP contribution is -2.54. The molecule has 1 aliphatic heterocycles. The molecule has 0 aromatic heterocycles. The Hall–Kier alpha value is -2.24. The van der Waals surface area contributed by atoms with E-state index in [1.165, 1.54) is 4.90 Å². The maximum Gasteiger partial charge on any atom is 0.325 e. The van der Waals surface area contributed by atoms with Crippen LogP contribution in [0, 0.1) is 5.92 Å². The van der Waals surface area contributed by atoms with E-state index in [0.29, 0.717) is 5.75 Å². The molecule has 1 saturated carbocycles. The third kappa shape index (κ3) is 2.92. The first-order valence-corrected chi connectivity index (χ1v) is 8.48. The molecule has 1 saturated heterocycles. The molecular formula is C18H24N2O4. The lowest BCUT2D eigenvalue weighted by molar-refractivity contribution is -0.134. The van der Waals surface area contributed by atoms with Gasteiger partial charge in [-0.3, -0.25) is 9.69 Å². The normalized spacial score (nSPS) is 26.6. The van der Waals surface area contributed by atoms with Gasteiger partial charge in [-0.2, -0.15) is 0 Å². The van der Waals surface area contributed by atoms with Gasteiger partial charge in [-0.25, -0.2) is 4.79 Å². The molecular weight excluding hydrogens is 308 g/mol. The van der Waals surface area contributed by atoms with Crippen molar-refractivity contribution in [2.45, 2.75) is 38.1 Å². The zero-order valence-electron chi connectivity index (χ0n) is 14.2. The van der Waals surface area contributed by atoms with Crippen molar-refractivity contribution in [2.24, 2.45) is 5.92 Å². The second kappa shape index (κ2) is 6.71. The fourth-order valence-corrected chi connectivity index (χ4v) is 3.63. The molecule has 0 bridgehead atoms. The van der Waals surface area contributed by atoms with E-state index < -0.39 is 5.54 Å². The molecule has 1 aliphatic carbocycles. The van der Waals surface area contributed by atoms with Crippen molar-refractivity contribution in [2.75, 3.05) is 20.3 Å². The molecule has 2 atom stereocenters. The Morgan fingerprint density at radius 1 is 1.21 bits per heavy atom. The Morgan fingerprint density at radius 3 is 2.58 bits per heavy atom. The van der Waals surface area contributed by atoms with Gasteiger partial charge in [0.25, 0.3) is 5.91 Å². The van der Waals surface area contributed by atoms with Crippen LogP contribution in [0.2, 0.25) is 0 Å². The summed E-state index contributed by atoms with van der Waals surface area (Å²) < 4.78 is 10.7. The molecule has 1 aromatic carbocycles. The molecule has 6 heteroatoms. The standard InChI is InChI=1S/C18H24N2O4/c1-13-5-3-4-10-18(13)16(21)20(17(22)19-18)11-12-24-15-8-6-14(23-2)7-9-15/h6-9,13H,3-5,10-12H2,1-2H3,(H,19,22)/t13-,18+/m1/s1. The summed E-state index contributed by atoms with van der Waals surface area (Å²) in [5.74, 6) is 1.52. The topological polar surface area (TPSA) is 67.9 Å². The van der Waals surface area contributed by atoms with Gasteiger partial charge in [0.15, 0.2) is 0 Å². The second-order valence-corrected chi connectivity index (χ2v) is 6.53. The number of urea groups is 1. The average Bonchev–Trinajstić information content (AvgIpc) is 2.83. The van der Waals surface area contributed by atoms with Crippen LogP contribution < -0.4 is 14.8 Å². The first-order valence-electron chi connectivity index (χ1n) is 8.48. The van der Waals surface area contributed by atoms with Crippen LogP contribution in [0.3, 0.4) is 0 Å². The summed E-state index contributed by atoms with van der Waals surface area (Å²) in [6.45, 7) is 2.58. The lowest BCUT2D eigenvalue weighted by Gasteiger charge is -2.36. The summed E-state index contributed by atoms with van der Waals surface area (Å²) in [4.78, 5) is 26.3. The maximum atomic E-state index is 12.8. The van der Waals surface area contributed by atoms with Crippen LogP contribution >= 0.6 is 0 Å². The quantitative estimate of drug-likeness (QED) is 0.842. The van der Waals surface area contributed by atoms with Crippen molar-refractivity contribution in [1.82, 2.24) is 10.2 Å². The number of imide groups is 1. The summed E-state index contributed by atoms with van der Waals surface area (Å²) in [5, 5.41) is 2.95. The molecule has 1 aromatic rings. The van der Waals surface area contributed by atoms with E-state index in [-0.39, 0.29) is 31.0 Å². The summed E-state index contributed by atoms with van der Waals surface area (Å²) in [5.41, 5.74) is -0.699. The van der Waals surface area contributed by atoms with Gasteiger partial charge in [-0.15, -0.1) is 0 Å². The number of methoxy groups -OCH3 is 1. The Kier molecular flexibility index (Phi) is 4.64. The third-order valence-corrected chi connectivity index (χ3v) is 5.14. The highest BCUT2D eigenvalue weighted by Crippen LogP contribution is 2.38. The minimum absolute atomic E-state index is 0.0990. The minimum Gasteiger partial charge on any atom is -0.497 e. The monoisotopic (exact) mass is 332 g/mol. The molecule has 1 spiro atoms. The summed E-state index contributed by atoms with van der Waals surface area (Å²) in [6, 6.07) is 6.92. The first kappa shape index (κ1) is 16.6. The summed E-state index contributed by atoms with van der Waals surface area (Å²) in [7, 11) is 1.61. The van der Waals surface area contributed by atoms with Crippen LogP contribution in [0.15, 0.2) is 24.3 Å². The number of benzene rings is 1. The Morgan fingerprint density at radius 2 is 1.92 bits per heavy atom. The van der Waals surface area contributed by atoms with E-state index in [0.717, 1.165) is 31.4 Å². The molecule has 6 nitrogen and oxygen atoms in total. The lowest BCUT2D eigenvalue weighted by atomic mass is 9.73. The number of ether oxygens (including phenoxy) is 2. The fraction of sp³-hybridized carbons (Fsp3) is 0.556. The third-order valence-electron chi connectivity index (χ3n) is 5.14. The molecule has 130 valence electrons. The van der Waals surface area contributed by atoms with E-state index in [2.05, 4.69) is 12.2 Å². The number of nitrogens with one attached hydrogen (secondary N) is 1. The highest BCUT2D eigenvalue weighted by atomic mass is 16.5. The van der Waals surface area contributed by atoms with Crippen molar-refractivity contribution in [3.8, 4) is 11.5 Å². The number of nitrogens with zero attached hydrogens (tertiary/aromatic N) is 1. The van der Waals surface area contributed by atoms with Crippen LogP contribution in [-0.2, 0) is 4.79 Å². The Bertz CT molecular complexity index is 616. The molecule has 2 aliphatic rings. The van der Waals surface area contributed by atoms with Crippen LogP contribution in [0.1, 0.15) is 32.6 Å². The maximum absolute atomic E-state index is 12.8. The van der Waals surface area contributed by atoms with Gasteiger partial charge in [-0.05, 0) is 43.0 Å². The zero-order chi connectivity index (χ0) is 17.2. The fourth-order valence-electron chi connectivity index (χ4n) is 3.63. The zero-order valence-corrected chi connectivity index (χ0v) is 14.2. The number of carbonyl (C=O) groups excluding carboxylic acids is 2. The van der Waals surface area contributed by atoms with Crippen molar-refractivity contribution in [3.05, 3.63) is 24.3 Å². The second-order valence-electron chi connectivity index (χ2n) is 6.53. The van der Waals surface area contributed by atoms with Gasteiger partial charge in [0.1, 0.15) is 23.6 Å². The van der Waals surface area contributed by atoms with Crippen molar-refractivity contribution in [3.63, 3.8) is 0 Å². The van der Waals surface area contributed by atoms with Crippen molar-refractivity contribution < 1.29 is 19.1 Å². The Balaban J connectivity index is 1.58. The SMILES string of the molecule is COc1ccc(OCCN2C(=O)N[C@]3(CCCC[C@H]3C)C2=O)cc1. The van der Waals surface area contributed by atoms with E-state index in [1.807, 2.05) is 12.1 Å². The van der Waals surface area contributed by atoms with Crippen LogP contribution in [-0.4, -0.2) is 42.6 Å². The number of carbonyl (C=O) groups is 2. The van der Waals surface area contributed by atoms with Gasteiger partial charge < -0.3 is 14.8 Å². The minimum atomic E-state index is -0.699. The predicted molar refractivity (Wildman–Crippen MR) is 89.1 cm³/mol. The number of hydrogen-bond donors (Lipinski definition) is 1. The van der Waals surface area contributed by atoms with Crippen molar-refractivity contribution in [1.29, 1.82) is 0 Å². The molecule has 0 radical (unpaired) electrons. The van der Waals surface area contributed by atoms with Gasteiger partial charge in [0.2, 0.25) is 0 Å². The van der Waals surface area contributed by atoms with E-state index in [4.69, 9.17) is 9.47 Å². The molecule has 3 amide bonds. The smallest absolute Gasteiger partial charge is 0.325 e. The average molecular weight is 332 g/mol. The van der Waals surface area contributed by atoms with Crippen molar-refractivity contribution >= 4 is 11.9 Å². The van der Waals surface area contributed by atoms with E-state index in [1.54, 1.807) is 19.2 Å². The largest absolute Gasteiger partial charge is 0.497 e. The van der Waals surface area contributed by atoms with Crippen LogP contribution in [0.5, 0.6) is 11.5 Å². The summed E-state index contributed by atoms with van der Waals surface area (Å²) in [6.07, 6.45) is 3.80. The van der Waals surface area contributed by atoms with Gasteiger partial charge in [0, 0.05) is 0 Å². The summed E-state index contributed by atoms with van der Waals surface area (Å²) >= 11 is 0. The van der Waals surface area contributed by atoms with Gasteiger partial charge >= 0.3 is 6.03 Å². The Labute approximate surface area is 142 Å². The highest BCUT2D eigenvalue weighted by molar-refractivity contribution is 6.07. The van der Waals surface area contributed by atoms with E-state index in [9.17, 15) is 9.59 Å². The molecule has 24 heavy (non-hydrogen) atoms. The molecule has 0 unspecified atom stereocenters. The van der Waals surface area contributed by atoms with Gasteiger partial charge in [0.05, 0.1) is 13.7 Å². The number of rotatable bonds is 5. The molecule has 3 rings (SSSR count). The van der Waals surface area contributed by atoms with Gasteiger partial charge in [-0.1, -0.05) is 19.8 Å². The highest BCUT2D eigenvalue weighted by Gasteiger charge is 2.54. The van der Waals surface area contributed by atoms with E-state index >= 15 is 0 Å². The molecule has 2 fully saturated rings. The van der Waals surface area contributed by atoms with Crippen LogP contribution in [0.4, 0.5) is 4.79 Å². The molecule has 1 heterocycles. The first-order chi connectivity index (χ1) is 11.6. The molecule has 1 N–H and O–H groups in total. The number of hydrogen-bond acceptors (Lipinski definition) is 4. The predicted octanol–water partition coefficient (Wildman–Crippen LogP) is 2.57.